The fourth-order valence-electron chi connectivity index (χ4n) is 2.09. The number of nitrogens with two attached hydrogens (primary N) is 1. The molecule has 0 amide bonds. The first-order valence-corrected chi connectivity index (χ1v) is 8.07. The van der Waals surface area contributed by atoms with Gasteiger partial charge in [-0.25, -0.2) is 15.1 Å². The maximum atomic E-state index is 12.2. The molecule has 1 fully saturated rings. The average Bonchev–Trinajstić information content (AvgIpc) is 2.44. The van der Waals surface area contributed by atoms with Crippen LogP contribution in [0.3, 0.4) is 0 Å². The summed E-state index contributed by atoms with van der Waals surface area (Å²) in [6, 6.07) is 1.44. The summed E-state index contributed by atoms with van der Waals surface area (Å²) in [5.74, 6) is 0.300. The summed E-state index contributed by atoms with van der Waals surface area (Å²) in [4.78, 5) is 9.85. The van der Waals surface area contributed by atoms with E-state index in [0.717, 1.165) is 4.31 Å². The first-order chi connectivity index (χ1) is 10.1. The summed E-state index contributed by atoms with van der Waals surface area (Å²) >= 11 is 0. The van der Waals surface area contributed by atoms with Gasteiger partial charge in [-0.15, -0.1) is 0 Å². The van der Waals surface area contributed by atoms with E-state index in [1.807, 2.05) is 0 Å². The van der Waals surface area contributed by atoms with Crippen LogP contribution < -0.4 is 10.0 Å². The van der Waals surface area contributed by atoms with E-state index in [9.17, 15) is 21.6 Å². The molecule has 0 bridgehead atoms. The Bertz CT molecular complexity index is 614. The minimum Gasteiger partial charge on any atom is -0.338 e. The van der Waals surface area contributed by atoms with Crippen LogP contribution in [0.5, 0.6) is 0 Å². The smallest absolute Gasteiger partial charge is 0.338 e. The number of aryl methyl sites for hydroxylation is 1. The van der Waals surface area contributed by atoms with Crippen LogP contribution in [0, 0.1) is 0 Å². The summed E-state index contributed by atoms with van der Waals surface area (Å²) in [5.41, 5.74) is 0.302. The van der Waals surface area contributed by atoms with E-state index in [-0.39, 0.29) is 19.5 Å². The number of nitrogens with zero attached hydrogens (tertiary/aromatic N) is 4. The van der Waals surface area contributed by atoms with Gasteiger partial charge in [-0.1, -0.05) is 0 Å². The SMILES string of the molecule is NS(=O)(=O)N1CCN(c2nccc(CCC(F)(F)F)n2)CC1. The van der Waals surface area contributed by atoms with Gasteiger partial charge in [0.2, 0.25) is 5.95 Å². The number of piperazine rings is 1. The molecule has 7 nitrogen and oxygen atoms in total. The Balaban J connectivity index is 1.99. The zero-order valence-corrected chi connectivity index (χ0v) is 12.4. The molecule has 124 valence electrons. The van der Waals surface area contributed by atoms with Crippen LogP contribution in [0.15, 0.2) is 12.3 Å². The molecule has 0 atom stereocenters. The van der Waals surface area contributed by atoms with Crippen molar-refractivity contribution in [3.63, 3.8) is 0 Å². The van der Waals surface area contributed by atoms with Crippen molar-refractivity contribution in [3.8, 4) is 0 Å². The highest BCUT2D eigenvalue weighted by Crippen LogP contribution is 2.22. The molecule has 0 unspecified atom stereocenters. The minimum absolute atomic E-state index is 0.189. The zero-order valence-electron chi connectivity index (χ0n) is 11.6. The maximum absolute atomic E-state index is 12.2. The lowest BCUT2D eigenvalue weighted by atomic mass is 10.2. The maximum Gasteiger partial charge on any atom is 0.389 e. The minimum atomic E-state index is -4.23. The Hall–Kier alpha value is -1.46. The Morgan fingerprint density at radius 3 is 2.41 bits per heavy atom. The number of anilines is 1. The Labute approximate surface area is 126 Å². The lowest BCUT2D eigenvalue weighted by Gasteiger charge is -2.32. The third-order valence-electron chi connectivity index (χ3n) is 3.25. The molecule has 0 radical (unpaired) electrons. The highest BCUT2D eigenvalue weighted by molar-refractivity contribution is 7.86. The molecular formula is C11H16F3N5O2S. The summed E-state index contributed by atoms with van der Waals surface area (Å²) in [5, 5.41) is 5.04. The van der Waals surface area contributed by atoms with E-state index in [2.05, 4.69) is 9.97 Å². The molecule has 0 saturated carbocycles. The number of rotatable bonds is 4. The van der Waals surface area contributed by atoms with Gasteiger partial charge in [0.25, 0.3) is 10.2 Å². The summed E-state index contributed by atoms with van der Waals surface area (Å²) in [6.45, 7) is 1.04. The molecule has 0 spiro atoms. The number of hydrogen-bond acceptors (Lipinski definition) is 5. The highest BCUT2D eigenvalue weighted by Gasteiger charge is 2.28. The third-order valence-corrected chi connectivity index (χ3v) is 4.33. The van der Waals surface area contributed by atoms with E-state index in [1.165, 1.54) is 12.3 Å². The topological polar surface area (TPSA) is 92.4 Å². The van der Waals surface area contributed by atoms with Crippen LogP contribution in [0.2, 0.25) is 0 Å². The predicted molar refractivity (Wildman–Crippen MR) is 73.3 cm³/mol. The van der Waals surface area contributed by atoms with Gasteiger partial charge in [0.15, 0.2) is 0 Å². The highest BCUT2D eigenvalue weighted by atomic mass is 32.2. The van der Waals surface area contributed by atoms with Crippen molar-refractivity contribution in [2.24, 2.45) is 5.14 Å². The van der Waals surface area contributed by atoms with E-state index in [4.69, 9.17) is 5.14 Å². The second-order valence-electron chi connectivity index (χ2n) is 4.89. The van der Waals surface area contributed by atoms with Crippen LogP contribution in [-0.2, 0) is 16.6 Å². The Morgan fingerprint density at radius 1 is 1.23 bits per heavy atom. The van der Waals surface area contributed by atoms with Crippen molar-refractivity contribution in [1.29, 1.82) is 0 Å². The molecule has 2 rings (SSSR count). The van der Waals surface area contributed by atoms with Gasteiger partial charge in [0, 0.05) is 44.5 Å². The quantitative estimate of drug-likeness (QED) is 0.852. The molecule has 0 aromatic carbocycles. The third kappa shape index (κ3) is 4.78. The molecule has 1 saturated heterocycles. The molecule has 22 heavy (non-hydrogen) atoms. The molecule has 0 aliphatic carbocycles. The Morgan fingerprint density at radius 2 is 1.86 bits per heavy atom. The number of alkyl halides is 3. The van der Waals surface area contributed by atoms with Gasteiger partial charge >= 0.3 is 6.18 Å². The fourth-order valence-corrected chi connectivity index (χ4v) is 2.76. The molecule has 1 aliphatic rings. The van der Waals surface area contributed by atoms with Crippen LogP contribution in [-0.4, -0.2) is 55.0 Å². The van der Waals surface area contributed by atoms with Crippen molar-refractivity contribution in [2.45, 2.75) is 19.0 Å². The number of halogens is 3. The van der Waals surface area contributed by atoms with Gasteiger partial charge in [0.1, 0.15) is 0 Å². The monoisotopic (exact) mass is 339 g/mol. The summed E-state index contributed by atoms with van der Waals surface area (Å²) in [7, 11) is -3.72. The van der Waals surface area contributed by atoms with Crippen LogP contribution in [0.4, 0.5) is 19.1 Å². The van der Waals surface area contributed by atoms with Crippen LogP contribution >= 0.6 is 0 Å². The largest absolute Gasteiger partial charge is 0.389 e. The first-order valence-electron chi connectivity index (χ1n) is 6.57. The van der Waals surface area contributed by atoms with Gasteiger partial charge in [-0.05, 0) is 12.5 Å². The molecule has 1 aromatic rings. The fraction of sp³-hybridized carbons (Fsp3) is 0.636. The average molecular weight is 339 g/mol. The predicted octanol–water partition coefficient (Wildman–Crippen LogP) is 0.297. The van der Waals surface area contributed by atoms with Crippen molar-refractivity contribution in [2.75, 3.05) is 31.1 Å². The summed E-state index contributed by atoms with van der Waals surface area (Å²) in [6.07, 6.45) is -3.98. The molecule has 1 aliphatic heterocycles. The van der Waals surface area contributed by atoms with Crippen molar-refractivity contribution >= 4 is 16.2 Å². The van der Waals surface area contributed by atoms with Gasteiger partial charge in [-0.2, -0.15) is 25.9 Å². The first kappa shape index (κ1) is 16.9. The molecule has 2 N–H and O–H groups in total. The second-order valence-corrected chi connectivity index (χ2v) is 6.44. The van der Waals surface area contributed by atoms with E-state index >= 15 is 0 Å². The zero-order chi connectivity index (χ0) is 16.4. The van der Waals surface area contributed by atoms with Crippen molar-refractivity contribution in [3.05, 3.63) is 18.0 Å². The van der Waals surface area contributed by atoms with Crippen molar-refractivity contribution in [1.82, 2.24) is 14.3 Å². The van der Waals surface area contributed by atoms with Gasteiger partial charge < -0.3 is 4.90 Å². The van der Waals surface area contributed by atoms with E-state index < -0.39 is 22.8 Å². The Kier molecular flexibility index (Phi) is 4.87. The number of aromatic nitrogens is 2. The van der Waals surface area contributed by atoms with Gasteiger partial charge in [0.05, 0.1) is 0 Å². The molecular weight excluding hydrogens is 323 g/mol. The van der Waals surface area contributed by atoms with Crippen LogP contribution in [0.25, 0.3) is 0 Å². The lowest BCUT2D eigenvalue weighted by Crippen LogP contribution is -2.51. The standard InChI is InChI=1S/C11H16F3N5O2S/c12-11(13,14)3-1-9-2-4-16-10(17-9)18-5-7-19(8-6-18)22(15,20)21/h2,4H,1,3,5-8H2,(H2,15,20,21). The van der Waals surface area contributed by atoms with Gasteiger partial charge in [-0.3, -0.25) is 0 Å². The van der Waals surface area contributed by atoms with E-state index in [0.29, 0.717) is 24.7 Å². The summed E-state index contributed by atoms with van der Waals surface area (Å²) < 4.78 is 60.2. The molecule has 11 heteroatoms. The number of hydrogen-bond donors (Lipinski definition) is 1. The van der Waals surface area contributed by atoms with E-state index in [1.54, 1.807) is 4.90 Å². The van der Waals surface area contributed by atoms with Crippen LogP contribution in [0.1, 0.15) is 12.1 Å². The normalized spacial score (nSPS) is 17.7. The molecule has 1 aromatic heterocycles. The van der Waals surface area contributed by atoms with Crippen molar-refractivity contribution < 1.29 is 21.6 Å². The lowest BCUT2D eigenvalue weighted by molar-refractivity contribution is -0.134. The second kappa shape index (κ2) is 6.34. The molecule has 2 heterocycles.